The fraction of sp³-hybridized carbons (Fsp3) is 0.229. The van der Waals surface area contributed by atoms with Crippen molar-refractivity contribution in [3.8, 4) is 28.4 Å². The SMILES string of the molecule is CCCCn1c(-c2ccccc2OC)nc(-c2ccccc2)c1CN(Cc1ccccc1)Cc1ccc(S)cc1. The minimum absolute atomic E-state index is 0.758. The van der Waals surface area contributed by atoms with Crippen LogP contribution in [0.4, 0.5) is 0 Å². The van der Waals surface area contributed by atoms with E-state index in [1.54, 1.807) is 7.11 Å². The fourth-order valence-electron chi connectivity index (χ4n) is 5.15. The number of thiol groups is 1. The first-order chi connectivity index (χ1) is 19.7. The van der Waals surface area contributed by atoms with E-state index < -0.39 is 0 Å². The van der Waals surface area contributed by atoms with Crippen molar-refractivity contribution in [1.82, 2.24) is 14.5 Å². The van der Waals surface area contributed by atoms with E-state index >= 15 is 0 Å². The lowest BCUT2D eigenvalue weighted by Crippen LogP contribution is -2.24. The third kappa shape index (κ3) is 6.67. The van der Waals surface area contributed by atoms with E-state index in [1.165, 1.54) is 16.8 Å². The van der Waals surface area contributed by atoms with Crippen LogP contribution in [0, 0.1) is 0 Å². The van der Waals surface area contributed by atoms with Gasteiger partial charge in [0.25, 0.3) is 0 Å². The molecule has 5 rings (SSSR count). The molecular weight excluding hydrogens is 510 g/mol. The van der Waals surface area contributed by atoms with Crippen LogP contribution in [0.15, 0.2) is 114 Å². The summed E-state index contributed by atoms with van der Waals surface area (Å²) in [4.78, 5) is 8.83. The molecule has 204 valence electrons. The largest absolute Gasteiger partial charge is 0.496 e. The second kappa shape index (κ2) is 13.5. The number of unbranched alkanes of at least 4 members (excludes halogenated alkanes) is 1. The molecule has 1 aromatic heterocycles. The number of rotatable bonds is 12. The van der Waals surface area contributed by atoms with E-state index in [4.69, 9.17) is 9.72 Å². The van der Waals surface area contributed by atoms with Crippen LogP contribution < -0.4 is 4.74 Å². The van der Waals surface area contributed by atoms with Gasteiger partial charge in [-0.05, 0) is 41.8 Å². The number of methoxy groups -OCH3 is 1. The molecule has 4 nitrogen and oxygen atoms in total. The first-order valence-corrected chi connectivity index (χ1v) is 14.4. The number of hydrogen-bond acceptors (Lipinski definition) is 4. The predicted molar refractivity (Wildman–Crippen MR) is 168 cm³/mol. The number of imidazole rings is 1. The molecule has 0 aliphatic heterocycles. The van der Waals surface area contributed by atoms with Gasteiger partial charge in [-0.3, -0.25) is 4.90 Å². The van der Waals surface area contributed by atoms with Crippen LogP contribution in [-0.2, 0) is 26.2 Å². The van der Waals surface area contributed by atoms with Gasteiger partial charge in [0.15, 0.2) is 0 Å². The summed E-state index contributed by atoms with van der Waals surface area (Å²) >= 11 is 4.50. The highest BCUT2D eigenvalue weighted by atomic mass is 32.1. The minimum atomic E-state index is 0.758. The van der Waals surface area contributed by atoms with Crippen LogP contribution in [0.2, 0.25) is 0 Å². The van der Waals surface area contributed by atoms with Crippen molar-refractivity contribution in [2.45, 2.75) is 50.8 Å². The Bertz CT molecular complexity index is 1500. The fourth-order valence-corrected chi connectivity index (χ4v) is 5.30. The molecule has 0 bridgehead atoms. The molecule has 0 amide bonds. The van der Waals surface area contributed by atoms with Crippen LogP contribution in [0.25, 0.3) is 22.6 Å². The quantitative estimate of drug-likeness (QED) is 0.159. The lowest BCUT2D eigenvalue weighted by Gasteiger charge is -2.25. The van der Waals surface area contributed by atoms with Crippen LogP contribution >= 0.6 is 12.6 Å². The van der Waals surface area contributed by atoms with Gasteiger partial charge in [-0.25, -0.2) is 4.98 Å². The van der Waals surface area contributed by atoms with Gasteiger partial charge in [0.2, 0.25) is 0 Å². The molecular formula is C35H37N3OS. The van der Waals surface area contributed by atoms with Crippen molar-refractivity contribution in [3.05, 3.63) is 126 Å². The van der Waals surface area contributed by atoms with Gasteiger partial charge >= 0.3 is 0 Å². The van der Waals surface area contributed by atoms with Gasteiger partial charge in [-0.1, -0.05) is 98.3 Å². The second-order valence-corrected chi connectivity index (χ2v) is 10.6. The third-order valence-electron chi connectivity index (χ3n) is 7.17. The Morgan fingerprint density at radius 2 is 1.38 bits per heavy atom. The van der Waals surface area contributed by atoms with Crippen molar-refractivity contribution < 1.29 is 4.74 Å². The molecule has 0 spiro atoms. The molecule has 5 heteroatoms. The number of benzene rings is 4. The van der Waals surface area contributed by atoms with E-state index in [1.807, 2.05) is 12.1 Å². The molecule has 0 N–H and O–H groups in total. The molecule has 0 unspecified atom stereocenters. The van der Waals surface area contributed by atoms with Crippen LogP contribution in [0.1, 0.15) is 36.6 Å². The maximum absolute atomic E-state index is 5.79. The Balaban J connectivity index is 1.64. The minimum Gasteiger partial charge on any atom is -0.496 e. The van der Waals surface area contributed by atoms with Crippen molar-refractivity contribution in [3.63, 3.8) is 0 Å². The van der Waals surface area contributed by atoms with Gasteiger partial charge in [0.05, 0.1) is 24.1 Å². The summed E-state index contributed by atoms with van der Waals surface area (Å²) in [7, 11) is 1.73. The number of nitrogens with zero attached hydrogens (tertiary/aromatic N) is 3. The van der Waals surface area contributed by atoms with Crippen LogP contribution in [0.5, 0.6) is 5.75 Å². The number of para-hydroxylation sites is 1. The standard InChI is InChI=1S/C35H37N3OS/c1-3-4-23-38-32(26-37(24-27-13-7-5-8-14-27)25-28-19-21-30(40)22-20-28)34(29-15-9-6-10-16-29)36-35(38)31-17-11-12-18-33(31)39-2/h5-22,40H,3-4,23-26H2,1-2H3. The Kier molecular flexibility index (Phi) is 9.38. The zero-order chi connectivity index (χ0) is 27.7. The van der Waals surface area contributed by atoms with E-state index in [2.05, 4.69) is 126 Å². The van der Waals surface area contributed by atoms with E-state index in [0.29, 0.717) is 0 Å². The third-order valence-corrected chi connectivity index (χ3v) is 7.47. The van der Waals surface area contributed by atoms with Crippen LogP contribution in [0.3, 0.4) is 0 Å². The Labute approximate surface area is 243 Å². The molecule has 0 aliphatic carbocycles. The Morgan fingerprint density at radius 3 is 2.05 bits per heavy atom. The molecule has 1 heterocycles. The number of ether oxygens (including phenoxy) is 1. The van der Waals surface area contributed by atoms with Gasteiger partial charge in [0.1, 0.15) is 11.6 Å². The van der Waals surface area contributed by atoms with Gasteiger partial charge in [-0.2, -0.15) is 0 Å². The highest BCUT2D eigenvalue weighted by Gasteiger charge is 2.23. The molecule has 0 aliphatic rings. The average molecular weight is 548 g/mol. The smallest absolute Gasteiger partial charge is 0.144 e. The molecule has 0 saturated heterocycles. The first kappa shape index (κ1) is 27.8. The lowest BCUT2D eigenvalue weighted by molar-refractivity contribution is 0.241. The van der Waals surface area contributed by atoms with Crippen LogP contribution in [-0.4, -0.2) is 21.6 Å². The van der Waals surface area contributed by atoms with E-state index in [0.717, 1.165) is 72.3 Å². The summed E-state index contributed by atoms with van der Waals surface area (Å²) < 4.78 is 8.22. The Hall–Kier alpha value is -3.80. The summed E-state index contributed by atoms with van der Waals surface area (Å²) in [5.74, 6) is 1.79. The van der Waals surface area contributed by atoms with Gasteiger partial charge < -0.3 is 9.30 Å². The maximum Gasteiger partial charge on any atom is 0.144 e. The molecule has 40 heavy (non-hydrogen) atoms. The zero-order valence-electron chi connectivity index (χ0n) is 23.3. The lowest BCUT2D eigenvalue weighted by atomic mass is 10.1. The van der Waals surface area contributed by atoms with Crippen molar-refractivity contribution >= 4 is 12.6 Å². The highest BCUT2D eigenvalue weighted by Crippen LogP contribution is 2.35. The number of hydrogen-bond donors (Lipinski definition) is 1. The topological polar surface area (TPSA) is 30.3 Å². The highest BCUT2D eigenvalue weighted by molar-refractivity contribution is 7.80. The first-order valence-electron chi connectivity index (χ1n) is 14.0. The van der Waals surface area contributed by atoms with E-state index in [-0.39, 0.29) is 0 Å². The van der Waals surface area contributed by atoms with Gasteiger partial charge in [-0.15, -0.1) is 12.6 Å². The summed E-state index contributed by atoms with van der Waals surface area (Å²) in [5, 5.41) is 0. The van der Waals surface area contributed by atoms with Crippen molar-refractivity contribution in [1.29, 1.82) is 0 Å². The predicted octanol–water partition coefficient (Wildman–Crippen LogP) is 8.52. The average Bonchev–Trinajstić information content (AvgIpc) is 3.35. The van der Waals surface area contributed by atoms with Crippen molar-refractivity contribution in [2.24, 2.45) is 0 Å². The normalized spacial score (nSPS) is 11.2. The maximum atomic E-state index is 5.79. The second-order valence-electron chi connectivity index (χ2n) is 10.1. The molecule has 0 radical (unpaired) electrons. The summed E-state index contributed by atoms with van der Waals surface area (Å²) in [6, 6.07) is 38.0. The summed E-state index contributed by atoms with van der Waals surface area (Å²) in [6.45, 7) is 5.55. The molecule has 0 fully saturated rings. The summed E-state index contributed by atoms with van der Waals surface area (Å²) in [5.41, 5.74) is 6.95. The Morgan fingerprint density at radius 1 is 0.750 bits per heavy atom. The summed E-state index contributed by atoms with van der Waals surface area (Å²) in [6.07, 6.45) is 2.18. The molecule has 4 aromatic carbocycles. The van der Waals surface area contributed by atoms with E-state index in [9.17, 15) is 0 Å². The van der Waals surface area contributed by atoms with Crippen molar-refractivity contribution in [2.75, 3.05) is 7.11 Å². The monoisotopic (exact) mass is 547 g/mol. The zero-order valence-corrected chi connectivity index (χ0v) is 24.2. The van der Waals surface area contributed by atoms with Gasteiger partial charge in [0, 0.05) is 36.6 Å². The number of aromatic nitrogens is 2. The molecule has 5 aromatic rings. The molecule has 0 atom stereocenters. The molecule has 0 saturated carbocycles.